The van der Waals surface area contributed by atoms with E-state index in [0.717, 1.165) is 12.1 Å². The van der Waals surface area contributed by atoms with Crippen molar-refractivity contribution in [1.29, 1.82) is 0 Å². The van der Waals surface area contributed by atoms with Gasteiger partial charge >= 0.3 is 0 Å². The molecule has 0 aromatic carbocycles. The van der Waals surface area contributed by atoms with Crippen LogP contribution in [0.2, 0.25) is 0 Å². The zero-order chi connectivity index (χ0) is 7.82. The molecule has 0 fully saturated rings. The van der Waals surface area contributed by atoms with Crippen LogP contribution in [0.5, 0.6) is 0 Å². The van der Waals surface area contributed by atoms with Gasteiger partial charge in [0.05, 0.1) is 5.71 Å². The molecule has 58 valence electrons. The molecule has 1 aliphatic heterocycles. The van der Waals surface area contributed by atoms with Crippen molar-refractivity contribution < 1.29 is 0 Å². The highest BCUT2D eigenvalue weighted by molar-refractivity contribution is 6.31. The number of hydrogen-bond acceptors (Lipinski definition) is 2. The summed E-state index contributed by atoms with van der Waals surface area (Å²) in [6.07, 6.45) is 4.12. The summed E-state index contributed by atoms with van der Waals surface area (Å²) in [6, 6.07) is 0. The molecule has 1 aliphatic rings. The molecule has 0 aliphatic carbocycles. The Morgan fingerprint density at radius 3 is 2.60 bits per heavy atom. The Kier molecular flexibility index (Phi) is 6.03. The Hall–Kier alpha value is -0.660. The fraction of sp³-hybridized carbons (Fsp3) is 0.750. The molecule has 0 amide bonds. The Morgan fingerprint density at radius 2 is 2.20 bits per heavy atom. The third-order valence-corrected chi connectivity index (χ3v) is 1.10. The topological polar surface area (TPSA) is 24.7 Å². The van der Waals surface area contributed by atoms with Gasteiger partial charge in [0.25, 0.3) is 0 Å². The molecule has 2 nitrogen and oxygen atoms in total. The van der Waals surface area contributed by atoms with Gasteiger partial charge in [-0.3, -0.25) is 9.98 Å². The summed E-state index contributed by atoms with van der Waals surface area (Å²) in [5, 5.41) is 0. The minimum atomic E-state index is 0.662. The first-order valence-electron chi connectivity index (χ1n) is 3.96. The first kappa shape index (κ1) is 9.34. The first-order chi connectivity index (χ1) is 4.93. The number of nitrogens with zero attached hydrogens (tertiary/aromatic N) is 2. The van der Waals surface area contributed by atoms with Crippen LogP contribution in [0.3, 0.4) is 0 Å². The van der Waals surface area contributed by atoms with Crippen molar-refractivity contribution in [2.45, 2.75) is 33.6 Å². The van der Waals surface area contributed by atoms with Gasteiger partial charge < -0.3 is 0 Å². The Morgan fingerprint density at radius 1 is 1.50 bits per heavy atom. The average molecular weight is 140 g/mol. The summed E-state index contributed by atoms with van der Waals surface area (Å²) >= 11 is 0. The van der Waals surface area contributed by atoms with Gasteiger partial charge in [-0.1, -0.05) is 27.2 Å². The second kappa shape index (κ2) is 6.46. The molecule has 0 radical (unpaired) electrons. The highest BCUT2D eigenvalue weighted by atomic mass is 15.0. The van der Waals surface area contributed by atoms with Crippen LogP contribution in [-0.2, 0) is 0 Å². The molecule has 2 heteroatoms. The van der Waals surface area contributed by atoms with E-state index in [2.05, 4.69) is 16.9 Å². The predicted molar refractivity (Wildman–Crippen MR) is 47.1 cm³/mol. The molecule has 10 heavy (non-hydrogen) atoms. The third-order valence-electron chi connectivity index (χ3n) is 1.10. The van der Waals surface area contributed by atoms with Crippen LogP contribution in [0.4, 0.5) is 0 Å². The van der Waals surface area contributed by atoms with Gasteiger partial charge in [-0.15, -0.1) is 0 Å². The van der Waals surface area contributed by atoms with Crippen LogP contribution in [0, 0.1) is 0 Å². The van der Waals surface area contributed by atoms with Crippen molar-refractivity contribution in [2.24, 2.45) is 9.98 Å². The number of rotatable bonds is 2. The van der Waals surface area contributed by atoms with E-state index in [1.54, 1.807) is 0 Å². The van der Waals surface area contributed by atoms with E-state index in [4.69, 9.17) is 0 Å². The van der Waals surface area contributed by atoms with Crippen molar-refractivity contribution >= 4 is 11.9 Å². The lowest BCUT2D eigenvalue weighted by Gasteiger charge is -1.87. The number of aliphatic imine (C=N–C) groups is 2. The minimum absolute atomic E-state index is 0.662. The van der Waals surface area contributed by atoms with E-state index in [-0.39, 0.29) is 0 Å². The summed E-state index contributed by atoms with van der Waals surface area (Å²) in [4.78, 5) is 8.07. The maximum Gasteiger partial charge on any atom is 0.129 e. The van der Waals surface area contributed by atoms with E-state index >= 15 is 0 Å². The van der Waals surface area contributed by atoms with Crippen molar-refractivity contribution in [3.8, 4) is 0 Å². The van der Waals surface area contributed by atoms with Gasteiger partial charge in [-0.25, -0.2) is 0 Å². The van der Waals surface area contributed by atoms with E-state index < -0.39 is 0 Å². The molecular formula is C8H16N2. The second-order valence-electron chi connectivity index (χ2n) is 1.85. The zero-order valence-corrected chi connectivity index (χ0v) is 7.09. The standard InChI is InChI=1S/C6H10N2.C2H6/c1-2-3-6-4-7-5-8-6;1-2/h4H,2-3,5H2,1H3;1-2H3. The molecule has 0 aromatic heterocycles. The maximum atomic E-state index is 4.12. The van der Waals surface area contributed by atoms with Crippen molar-refractivity contribution in [3.63, 3.8) is 0 Å². The summed E-state index contributed by atoms with van der Waals surface area (Å²) < 4.78 is 0. The van der Waals surface area contributed by atoms with E-state index in [0.29, 0.717) is 6.67 Å². The van der Waals surface area contributed by atoms with Crippen molar-refractivity contribution in [3.05, 3.63) is 0 Å². The molecular weight excluding hydrogens is 124 g/mol. The zero-order valence-electron chi connectivity index (χ0n) is 7.09. The summed E-state index contributed by atoms with van der Waals surface area (Å²) in [5.41, 5.74) is 1.16. The molecule has 0 saturated carbocycles. The largest absolute Gasteiger partial charge is 0.268 e. The number of hydrogen-bond donors (Lipinski definition) is 0. The molecule has 0 unspecified atom stereocenters. The molecule has 0 saturated heterocycles. The SMILES string of the molecule is CC.CCCC1=NCN=C1. The van der Waals surface area contributed by atoms with Crippen LogP contribution >= 0.6 is 0 Å². The fourth-order valence-electron chi connectivity index (χ4n) is 0.718. The van der Waals surface area contributed by atoms with Crippen molar-refractivity contribution in [2.75, 3.05) is 6.67 Å². The summed E-state index contributed by atoms with van der Waals surface area (Å²) in [5.74, 6) is 0. The highest BCUT2D eigenvalue weighted by Crippen LogP contribution is 1.94. The van der Waals surface area contributed by atoms with E-state index in [1.807, 2.05) is 20.1 Å². The van der Waals surface area contributed by atoms with Crippen molar-refractivity contribution in [1.82, 2.24) is 0 Å². The minimum Gasteiger partial charge on any atom is -0.268 e. The second-order valence-corrected chi connectivity index (χ2v) is 1.85. The fourth-order valence-corrected chi connectivity index (χ4v) is 0.718. The van der Waals surface area contributed by atoms with E-state index in [9.17, 15) is 0 Å². The lowest BCUT2D eigenvalue weighted by Crippen LogP contribution is -1.93. The summed E-state index contributed by atoms with van der Waals surface area (Å²) in [7, 11) is 0. The van der Waals surface area contributed by atoms with Crippen LogP contribution in [-0.4, -0.2) is 18.6 Å². The molecule has 0 atom stereocenters. The first-order valence-corrected chi connectivity index (χ1v) is 3.96. The smallest absolute Gasteiger partial charge is 0.129 e. The monoisotopic (exact) mass is 140 g/mol. The maximum absolute atomic E-state index is 4.12. The molecule has 1 rings (SSSR count). The van der Waals surface area contributed by atoms with Crippen LogP contribution < -0.4 is 0 Å². The molecule has 0 N–H and O–H groups in total. The van der Waals surface area contributed by atoms with Gasteiger partial charge in [0.15, 0.2) is 0 Å². The normalized spacial score (nSPS) is 14.1. The Balaban J connectivity index is 0.000000371. The lowest BCUT2D eigenvalue weighted by atomic mass is 10.2. The van der Waals surface area contributed by atoms with Crippen LogP contribution in [0.25, 0.3) is 0 Å². The van der Waals surface area contributed by atoms with E-state index in [1.165, 1.54) is 6.42 Å². The predicted octanol–water partition coefficient (Wildman–Crippen LogP) is 2.30. The van der Waals surface area contributed by atoms with Gasteiger partial charge in [-0.05, 0) is 6.42 Å². The Bertz CT molecular complexity index is 125. The molecule has 0 bridgehead atoms. The lowest BCUT2D eigenvalue weighted by molar-refractivity contribution is 0.992. The third kappa shape index (κ3) is 3.38. The highest BCUT2D eigenvalue weighted by Gasteiger charge is 1.95. The van der Waals surface area contributed by atoms with Gasteiger partial charge in [0.1, 0.15) is 6.67 Å². The van der Waals surface area contributed by atoms with Gasteiger partial charge in [0, 0.05) is 6.21 Å². The van der Waals surface area contributed by atoms with Crippen LogP contribution in [0.1, 0.15) is 33.6 Å². The Labute approximate surface area is 63.1 Å². The van der Waals surface area contributed by atoms with Gasteiger partial charge in [0.2, 0.25) is 0 Å². The average Bonchev–Trinajstić information content (AvgIpc) is 2.46. The quantitative estimate of drug-likeness (QED) is 0.562. The molecule has 0 aromatic rings. The molecule has 1 heterocycles. The summed E-state index contributed by atoms with van der Waals surface area (Å²) in [6.45, 7) is 6.81. The molecule has 0 spiro atoms. The van der Waals surface area contributed by atoms with Crippen LogP contribution in [0.15, 0.2) is 9.98 Å². The van der Waals surface area contributed by atoms with Gasteiger partial charge in [-0.2, -0.15) is 0 Å².